The van der Waals surface area contributed by atoms with Crippen LogP contribution in [-0.4, -0.2) is 19.6 Å². The lowest BCUT2D eigenvalue weighted by molar-refractivity contribution is 1.02. The van der Waals surface area contributed by atoms with Crippen molar-refractivity contribution in [1.29, 1.82) is 5.39 Å². The van der Waals surface area contributed by atoms with Crippen molar-refractivity contribution >= 4 is 17.1 Å². The average Bonchev–Trinajstić information content (AvgIpc) is 2.47. The summed E-state index contributed by atoms with van der Waals surface area (Å²) < 4.78 is 0.945. The van der Waals surface area contributed by atoms with Crippen molar-refractivity contribution in [2.24, 2.45) is 0 Å². The van der Waals surface area contributed by atoms with Gasteiger partial charge in [-0.25, -0.2) is 4.98 Å². The van der Waals surface area contributed by atoms with E-state index in [2.05, 4.69) is 20.0 Å². The first-order valence-electron chi connectivity index (χ1n) is 3.30. The van der Waals surface area contributed by atoms with E-state index in [0.29, 0.717) is 0 Å². The second-order valence-corrected chi connectivity index (χ2v) is 2.30. The van der Waals surface area contributed by atoms with E-state index in [4.69, 9.17) is 11.1 Å². The van der Waals surface area contributed by atoms with Crippen LogP contribution in [0.1, 0.15) is 0 Å². The van der Waals surface area contributed by atoms with Crippen LogP contribution in [0.5, 0.6) is 0 Å². The van der Waals surface area contributed by atoms with Crippen LogP contribution in [0.3, 0.4) is 0 Å². The number of rotatable bonds is 0. The first-order valence-corrected chi connectivity index (χ1v) is 3.30. The van der Waals surface area contributed by atoms with E-state index in [1.165, 1.54) is 0 Å². The Morgan fingerprint density at radius 2 is 2.46 bits per heavy atom. The highest BCUT2D eigenvalue weighted by Gasteiger charge is 2.14. The summed E-state index contributed by atoms with van der Waals surface area (Å²) in [5, 5.41) is 11.3. The van der Waals surface area contributed by atoms with Crippen molar-refractivity contribution in [3.05, 3.63) is 21.8 Å². The lowest BCUT2D eigenvalue weighted by Gasteiger charge is -1.88. The Hall–Kier alpha value is -2.43. The predicted octanol–water partition coefficient (Wildman–Crippen LogP) is -0.682. The molecular weight excluding hydrogens is 174 g/mol. The quantitative estimate of drug-likeness (QED) is 0.518. The largest absolute Gasteiger partial charge is 0.369 e. The smallest absolute Gasteiger partial charge is 0.318 e. The van der Waals surface area contributed by atoms with Crippen LogP contribution >= 0.6 is 0 Å². The van der Waals surface area contributed by atoms with Gasteiger partial charge in [0, 0.05) is 0 Å². The number of nitrogen functional groups attached to an aromatic ring is 1. The zero-order valence-electron chi connectivity index (χ0n) is 6.30. The number of aromatic amines is 1. The van der Waals surface area contributed by atoms with Crippen LogP contribution in [0.2, 0.25) is 0 Å². The first-order chi connectivity index (χ1) is 6.22. The summed E-state index contributed by atoms with van der Waals surface area (Å²) in [5.41, 5.74) is 5.00. The van der Waals surface area contributed by atoms with E-state index in [0.717, 1.165) is 11.0 Å². The number of anilines is 1. The minimum absolute atomic E-state index is 0.0529. The summed E-state index contributed by atoms with van der Waals surface area (Å²) in [4.78, 5) is 20.8. The van der Waals surface area contributed by atoms with Crippen LogP contribution < -0.4 is 11.3 Å². The fourth-order valence-corrected chi connectivity index (χ4v) is 0.981. The predicted molar refractivity (Wildman–Crippen MR) is 43.0 cm³/mol. The minimum Gasteiger partial charge on any atom is -0.369 e. The number of nitrogens with two attached hydrogens (primary N) is 1. The summed E-state index contributed by atoms with van der Waals surface area (Å²) in [6.07, 6.45) is 1.16. The topological polar surface area (TPSA) is 118 Å². The lowest BCUT2D eigenvalue weighted by Crippen LogP contribution is -2.11. The molecule has 0 atom stereocenters. The molecule has 0 spiro atoms. The molecule has 13 heavy (non-hydrogen) atoms. The summed E-state index contributed by atoms with van der Waals surface area (Å²) in [7, 11) is 0. The van der Waals surface area contributed by atoms with Crippen molar-refractivity contribution in [2.45, 2.75) is 0 Å². The van der Waals surface area contributed by atoms with Crippen LogP contribution in [0.4, 0.5) is 5.95 Å². The molecule has 2 heterocycles. The van der Waals surface area contributed by atoms with Crippen molar-refractivity contribution in [3.8, 4) is 0 Å². The Morgan fingerprint density at radius 1 is 1.69 bits per heavy atom. The van der Waals surface area contributed by atoms with Gasteiger partial charge in [0.05, 0.1) is 4.68 Å². The molecule has 0 aliphatic heterocycles. The molecule has 2 rings (SSSR count). The number of fused-ring (bicyclic) bond motifs is 1. The maximum atomic E-state index is 11.2. The summed E-state index contributed by atoms with van der Waals surface area (Å²) in [6.45, 7) is 0. The Balaban J connectivity index is 3.00. The number of imidazole rings is 1. The van der Waals surface area contributed by atoms with Crippen LogP contribution in [0, 0.1) is 5.39 Å². The van der Waals surface area contributed by atoms with E-state index in [1.54, 1.807) is 0 Å². The monoisotopic (exact) mass is 178 g/mol. The van der Waals surface area contributed by atoms with Gasteiger partial charge >= 0.3 is 5.08 Å². The van der Waals surface area contributed by atoms with Gasteiger partial charge < -0.3 is 5.73 Å². The van der Waals surface area contributed by atoms with Crippen molar-refractivity contribution in [3.63, 3.8) is 0 Å². The third-order valence-corrected chi connectivity index (χ3v) is 1.50. The number of hydrogen-bond acceptors (Lipinski definition) is 5. The number of H-pyrrole nitrogens is 1. The Bertz CT molecular complexity index is 558. The molecule has 0 saturated heterocycles. The summed E-state index contributed by atoms with van der Waals surface area (Å²) in [5.74, 6) is -0.0529. The van der Waals surface area contributed by atoms with Gasteiger partial charge in [0.15, 0.2) is 11.8 Å². The van der Waals surface area contributed by atoms with Crippen LogP contribution in [0.25, 0.3) is 16.2 Å². The van der Waals surface area contributed by atoms with Gasteiger partial charge in [-0.05, 0) is 0 Å². The van der Waals surface area contributed by atoms with Gasteiger partial charge in [-0.2, -0.15) is 4.98 Å². The van der Waals surface area contributed by atoms with Gasteiger partial charge in [0.1, 0.15) is 0 Å². The second kappa shape index (κ2) is 2.28. The molecule has 8 nitrogen and oxygen atoms in total. The van der Waals surface area contributed by atoms with Gasteiger partial charge in [0.2, 0.25) is 5.95 Å². The molecule has 0 aliphatic rings. The van der Waals surface area contributed by atoms with Crippen molar-refractivity contribution in [1.82, 2.24) is 19.6 Å². The highest BCUT2D eigenvalue weighted by atomic mass is 16.1. The number of diazo groups is 1. The standard InChI is InChI=1S/C5H3N7O/c6-5-9-3-2(4(13)10-5)8-1-12(3)11-7/h1H,(H2-,6,9,10,13)/p+1. The molecule has 2 aromatic heterocycles. The van der Waals surface area contributed by atoms with Crippen molar-refractivity contribution < 1.29 is 0 Å². The second-order valence-electron chi connectivity index (χ2n) is 2.30. The molecule has 0 bridgehead atoms. The molecule has 0 amide bonds. The zero-order chi connectivity index (χ0) is 9.42. The highest BCUT2D eigenvalue weighted by Crippen LogP contribution is 2.04. The highest BCUT2D eigenvalue weighted by molar-refractivity contribution is 5.70. The summed E-state index contributed by atoms with van der Waals surface area (Å²) >= 11 is 0. The SMILES string of the molecule is N#[N+]n1cnc2c(=O)[nH]c(N)nc21. The zero-order valence-corrected chi connectivity index (χ0v) is 6.30. The molecule has 64 valence electrons. The van der Waals surface area contributed by atoms with Gasteiger partial charge in [0.25, 0.3) is 16.6 Å². The van der Waals surface area contributed by atoms with E-state index < -0.39 is 5.56 Å². The van der Waals surface area contributed by atoms with E-state index >= 15 is 0 Å². The minimum atomic E-state index is -0.468. The van der Waals surface area contributed by atoms with Crippen LogP contribution in [0.15, 0.2) is 11.1 Å². The lowest BCUT2D eigenvalue weighted by atomic mass is 10.5. The maximum Gasteiger partial charge on any atom is 0.318 e. The van der Waals surface area contributed by atoms with Gasteiger partial charge in [-0.3, -0.25) is 9.78 Å². The molecule has 0 aliphatic carbocycles. The van der Waals surface area contributed by atoms with Crippen molar-refractivity contribution in [2.75, 3.05) is 5.73 Å². The molecule has 8 heteroatoms. The van der Waals surface area contributed by atoms with E-state index in [-0.39, 0.29) is 17.1 Å². The molecule has 0 unspecified atom stereocenters. The Labute approximate surface area is 70.6 Å². The number of nitrogens with one attached hydrogen (secondary N) is 1. The summed E-state index contributed by atoms with van der Waals surface area (Å²) in [6, 6.07) is 0. The van der Waals surface area contributed by atoms with E-state index in [1.807, 2.05) is 0 Å². The molecular formula is C5H4N7O+. The number of nitrogens with zero attached hydrogens (tertiary/aromatic N) is 5. The fraction of sp³-hybridized carbons (Fsp3) is 0. The molecule has 2 aromatic rings. The Kier molecular flexibility index (Phi) is 1.27. The van der Waals surface area contributed by atoms with Gasteiger partial charge in [-0.15, -0.1) is 0 Å². The molecule has 0 radical (unpaired) electrons. The van der Waals surface area contributed by atoms with Crippen LogP contribution in [-0.2, 0) is 0 Å². The maximum absolute atomic E-state index is 11.2. The Morgan fingerprint density at radius 3 is 3.15 bits per heavy atom. The van der Waals surface area contributed by atoms with E-state index in [9.17, 15) is 4.79 Å². The first kappa shape index (κ1) is 7.23. The normalized spacial score (nSPS) is 10.1. The number of hydrogen-bond donors (Lipinski definition) is 2. The average molecular weight is 178 g/mol. The third kappa shape index (κ3) is 0.908. The molecule has 0 aromatic carbocycles. The number of aromatic nitrogens is 4. The molecule has 3 N–H and O–H groups in total. The molecule has 0 saturated carbocycles. The molecule has 0 fully saturated rings. The van der Waals surface area contributed by atoms with Gasteiger partial charge in [-0.1, -0.05) is 0 Å². The third-order valence-electron chi connectivity index (χ3n) is 1.50. The fourth-order valence-electron chi connectivity index (χ4n) is 0.981.